The molecule has 0 saturated carbocycles. The predicted molar refractivity (Wildman–Crippen MR) is 92.8 cm³/mol. The van der Waals surface area contributed by atoms with Gasteiger partial charge in [-0.05, 0) is 52.9 Å². The van der Waals surface area contributed by atoms with Crippen LogP contribution in [0, 0.1) is 3.57 Å². The van der Waals surface area contributed by atoms with Gasteiger partial charge in [0.1, 0.15) is 4.90 Å². The average Bonchev–Trinajstić information content (AvgIpc) is 2.48. The number of halogens is 2. The summed E-state index contributed by atoms with van der Waals surface area (Å²) >= 11 is 8.02. The zero-order valence-corrected chi connectivity index (χ0v) is 15.1. The summed E-state index contributed by atoms with van der Waals surface area (Å²) in [6.45, 7) is 0. The number of sulfonamides is 1. The molecule has 0 aromatic heterocycles. The summed E-state index contributed by atoms with van der Waals surface area (Å²) < 4.78 is 32.6. The maximum absolute atomic E-state index is 12.4. The molecule has 0 radical (unpaired) electrons. The van der Waals surface area contributed by atoms with Crippen molar-refractivity contribution in [3.63, 3.8) is 0 Å². The molecule has 22 heavy (non-hydrogen) atoms. The van der Waals surface area contributed by atoms with E-state index in [1.54, 1.807) is 24.3 Å². The second kappa shape index (κ2) is 6.84. The highest BCUT2D eigenvalue weighted by molar-refractivity contribution is 14.1. The third-order valence-corrected chi connectivity index (χ3v) is 5.55. The third kappa shape index (κ3) is 3.71. The Balaban J connectivity index is 2.38. The van der Waals surface area contributed by atoms with Crippen molar-refractivity contribution in [2.45, 2.75) is 4.90 Å². The van der Waals surface area contributed by atoms with Crippen molar-refractivity contribution in [1.29, 1.82) is 0 Å². The van der Waals surface area contributed by atoms with Gasteiger partial charge in [-0.15, -0.1) is 0 Å². The first-order chi connectivity index (χ1) is 10.3. The highest BCUT2D eigenvalue weighted by atomic mass is 127. The van der Waals surface area contributed by atoms with Crippen LogP contribution in [0.5, 0.6) is 0 Å². The molecule has 0 saturated heterocycles. The lowest BCUT2D eigenvalue weighted by molar-refractivity contribution is 0.0600. The van der Waals surface area contributed by atoms with Crippen LogP contribution in [0.4, 0.5) is 5.69 Å². The fourth-order valence-corrected chi connectivity index (χ4v) is 4.04. The molecule has 0 fully saturated rings. The highest BCUT2D eigenvalue weighted by Gasteiger charge is 2.20. The van der Waals surface area contributed by atoms with Gasteiger partial charge in [0.05, 0.1) is 23.4 Å². The largest absolute Gasteiger partial charge is 0.465 e. The van der Waals surface area contributed by atoms with E-state index in [-0.39, 0.29) is 15.5 Å². The van der Waals surface area contributed by atoms with E-state index in [4.69, 9.17) is 11.6 Å². The van der Waals surface area contributed by atoms with E-state index in [9.17, 15) is 13.2 Å². The molecule has 0 amide bonds. The molecule has 0 aliphatic rings. The minimum atomic E-state index is -3.85. The second-order valence-electron chi connectivity index (χ2n) is 4.22. The van der Waals surface area contributed by atoms with Crippen LogP contribution < -0.4 is 4.72 Å². The number of methoxy groups -OCH3 is 1. The van der Waals surface area contributed by atoms with E-state index >= 15 is 0 Å². The van der Waals surface area contributed by atoms with Gasteiger partial charge in [0.2, 0.25) is 0 Å². The van der Waals surface area contributed by atoms with Gasteiger partial charge in [-0.25, -0.2) is 13.2 Å². The number of benzene rings is 2. The number of carbonyl (C=O) groups excluding carboxylic acids is 1. The molecule has 0 heterocycles. The zero-order valence-electron chi connectivity index (χ0n) is 11.3. The summed E-state index contributed by atoms with van der Waals surface area (Å²) in [4.78, 5) is 11.3. The minimum Gasteiger partial charge on any atom is -0.465 e. The van der Waals surface area contributed by atoms with Gasteiger partial charge in [-0.2, -0.15) is 0 Å². The van der Waals surface area contributed by atoms with E-state index < -0.39 is 16.0 Å². The van der Waals surface area contributed by atoms with Gasteiger partial charge < -0.3 is 4.74 Å². The Bertz CT molecular complexity index is 823. The number of anilines is 1. The first-order valence-electron chi connectivity index (χ1n) is 6.00. The molecule has 0 spiro atoms. The number of rotatable bonds is 4. The molecule has 1 N–H and O–H groups in total. The molecule has 8 heteroatoms. The van der Waals surface area contributed by atoms with Gasteiger partial charge in [-0.1, -0.05) is 23.7 Å². The fraction of sp³-hybridized carbons (Fsp3) is 0.0714. The normalized spacial score (nSPS) is 11.0. The first kappa shape index (κ1) is 17.0. The quantitative estimate of drug-likeness (QED) is 0.570. The van der Waals surface area contributed by atoms with Crippen LogP contribution in [0.25, 0.3) is 0 Å². The van der Waals surface area contributed by atoms with E-state index in [0.717, 1.165) is 3.57 Å². The average molecular weight is 452 g/mol. The van der Waals surface area contributed by atoms with Gasteiger partial charge in [0, 0.05) is 3.57 Å². The fourth-order valence-electron chi connectivity index (χ4n) is 1.71. The summed E-state index contributed by atoms with van der Waals surface area (Å²) in [5.74, 6) is -0.587. The van der Waals surface area contributed by atoms with Crippen molar-refractivity contribution >= 4 is 55.9 Å². The molecule has 0 unspecified atom stereocenters. The van der Waals surface area contributed by atoms with Gasteiger partial charge >= 0.3 is 5.97 Å². The Morgan fingerprint density at radius 3 is 2.50 bits per heavy atom. The van der Waals surface area contributed by atoms with Crippen molar-refractivity contribution in [2.24, 2.45) is 0 Å². The number of ether oxygens (including phenoxy) is 1. The van der Waals surface area contributed by atoms with E-state index in [1.807, 2.05) is 22.6 Å². The Morgan fingerprint density at radius 2 is 1.91 bits per heavy atom. The summed E-state index contributed by atoms with van der Waals surface area (Å²) in [6.07, 6.45) is 0. The van der Waals surface area contributed by atoms with Crippen LogP contribution in [-0.2, 0) is 14.8 Å². The van der Waals surface area contributed by atoms with E-state index in [2.05, 4.69) is 9.46 Å². The molecule has 116 valence electrons. The third-order valence-electron chi connectivity index (χ3n) is 2.76. The SMILES string of the molecule is COC(=O)c1ccc(S(=O)(=O)Nc2ccccc2I)c(Cl)c1. The van der Waals surface area contributed by atoms with Crippen LogP contribution in [0.1, 0.15) is 10.4 Å². The highest BCUT2D eigenvalue weighted by Crippen LogP contribution is 2.27. The van der Waals surface area contributed by atoms with Crippen LogP contribution >= 0.6 is 34.2 Å². The van der Waals surface area contributed by atoms with E-state index in [0.29, 0.717) is 5.69 Å². The predicted octanol–water partition coefficient (Wildman–Crippen LogP) is 3.53. The lowest BCUT2D eigenvalue weighted by Gasteiger charge is -2.11. The van der Waals surface area contributed by atoms with Gasteiger partial charge in [0.15, 0.2) is 0 Å². The standard InChI is InChI=1S/C14H11ClINO4S/c1-21-14(18)9-6-7-13(10(15)8-9)22(19,20)17-12-5-3-2-4-11(12)16/h2-8,17H,1H3. The Labute approximate surface area is 146 Å². The number of esters is 1. The Kier molecular flexibility index (Phi) is 5.30. The van der Waals surface area contributed by atoms with Gasteiger partial charge in [-0.3, -0.25) is 4.72 Å². The summed E-state index contributed by atoms with van der Waals surface area (Å²) in [5.41, 5.74) is 0.636. The second-order valence-corrected chi connectivity index (χ2v) is 7.44. The summed E-state index contributed by atoms with van der Waals surface area (Å²) in [6, 6.07) is 10.8. The van der Waals surface area contributed by atoms with Crippen molar-refractivity contribution < 1.29 is 17.9 Å². The summed E-state index contributed by atoms with van der Waals surface area (Å²) in [7, 11) is -2.62. The van der Waals surface area contributed by atoms with Crippen molar-refractivity contribution in [3.8, 4) is 0 Å². The van der Waals surface area contributed by atoms with Crippen molar-refractivity contribution in [1.82, 2.24) is 0 Å². The minimum absolute atomic E-state index is 0.0543. The van der Waals surface area contributed by atoms with Crippen LogP contribution in [0.2, 0.25) is 5.02 Å². The van der Waals surface area contributed by atoms with Crippen LogP contribution in [0.3, 0.4) is 0 Å². The summed E-state index contributed by atoms with van der Waals surface area (Å²) in [5, 5.41) is -0.0543. The topological polar surface area (TPSA) is 72.5 Å². The number of hydrogen-bond acceptors (Lipinski definition) is 4. The van der Waals surface area contributed by atoms with E-state index in [1.165, 1.54) is 25.3 Å². The number of para-hydroxylation sites is 1. The maximum Gasteiger partial charge on any atom is 0.337 e. The molecule has 0 atom stereocenters. The molecular weight excluding hydrogens is 441 g/mol. The Hall–Kier alpha value is -1.32. The van der Waals surface area contributed by atoms with Crippen molar-refractivity contribution in [3.05, 3.63) is 56.6 Å². The molecule has 0 aliphatic heterocycles. The van der Waals surface area contributed by atoms with Gasteiger partial charge in [0.25, 0.3) is 10.0 Å². The molecular formula is C14H11ClINO4S. The lowest BCUT2D eigenvalue weighted by Crippen LogP contribution is -2.14. The molecule has 2 aromatic rings. The zero-order chi connectivity index (χ0) is 16.3. The number of hydrogen-bond donors (Lipinski definition) is 1. The Morgan fingerprint density at radius 1 is 1.23 bits per heavy atom. The first-order valence-corrected chi connectivity index (χ1v) is 8.94. The van der Waals surface area contributed by atoms with Crippen molar-refractivity contribution in [2.75, 3.05) is 11.8 Å². The monoisotopic (exact) mass is 451 g/mol. The molecule has 0 bridgehead atoms. The van der Waals surface area contributed by atoms with Crippen LogP contribution in [0.15, 0.2) is 47.4 Å². The number of nitrogens with one attached hydrogen (secondary N) is 1. The maximum atomic E-state index is 12.4. The molecule has 5 nitrogen and oxygen atoms in total. The lowest BCUT2D eigenvalue weighted by atomic mass is 10.2. The molecule has 2 rings (SSSR count). The van der Waals surface area contributed by atoms with Crippen LogP contribution in [-0.4, -0.2) is 21.5 Å². The molecule has 2 aromatic carbocycles. The molecule has 0 aliphatic carbocycles. The number of carbonyl (C=O) groups is 1. The smallest absolute Gasteiger partial charge is 0.337 e.